The number of piperidine rings is 1. The lowest BCUT2D eigenvalue weighted by Crippen LogP contribution is -2.54. The number of aryl methyl sites for hydroxylation is 1. The third-order valence-corrected chi connectivity index (χ3v) is 4.63. The zero-order valence-electron chi connectivity index (χ0n) is 15.0. The summed E-state index contributed by atoms with van der Waals surface area (Å²) in [5, 5.41) is 11.0. The first-order valence-corrected chi connectivity index (χ1v) is 8.63. The number of aliphatic hydroxyl groups is 1. The molecule has 0 aromatic carbocycles. The highest BCUT2D eigenvalue weighted by Crippen LogP contribution is 2.26. The van der Waals surface area contributed by atoms with Gasteiger partial charge < -0.3 is 14.9 Å². The molecule has 1 fully saturated rings. The Morgan fingerprint density at radius 3 is 2.77 bits per heavy atom. The van der Waals surface area contributed by atoms with Crippen molar-refractivity contribution in [2.45, 2.75) is 25.4 Å². The van der Waals surface area contributed by atoms with Crippen molar-refractivity contribution in [3.05, 3.63) is 53.7 Å². The second-order valence-electron chi connectivity index (χ2n) is 6.93. The summed E-state index contributed by atoms with van der Waals surface area (Å²) in [6.45, 7) is 3.15. The fourth-order valence-electron chi connectivity index (χ4n) is 3.32. The number of anilines is 1. The number of β-amino-alcohol motifs (C(OH)–C–C–N with tert-alkyl or cyclic N) is 1. The van der Waals surface area contributed by atoms with Gasteiger partial charge >= 0.3 is 0 Å². The van der Waals surface area contributed by atoms with Crippen molar-refractivity contribution in [1.82, 2.24) is 14.9 Å². The molecule has 0 radical (unpaired) electrons. The Labute approximate surface area is 152 Å². The molecule has 7 heteroatoms. The Kier molecular flexibility index (Phi) is 5.18. The zero-order valence-corrected chi connectivity index (χ0v) is 15.0. The summed E-state index contributed by atoms with van der Waals surface area (Å²) in [5.41, 5.74) is 0.295. The number of aromatic nitrogens is 2. The number of carbonyl (C=O) groups excluding carboxylic acids is 1. The van der Waals surface area contributed by atoms with E-state index in [4.69, 9.17) is 0 Å². The monoisotopic (exact) mass is 358 g/mol. The SMILES string of the molecule is Cc1ccc(C(=O)N(C)CC2(O)CCCN(c3ccc(F)cn3)C2)cn1. The fourth-order valence-corrected chi connectivity index (χ4v) is 3.32. The van der Waals surface area contributed by atoms with Crippen LogP contribution in [0.25, 0.3) is 0 Å². The molecule has 1 unspecified atom stereocenters. The van der Waals surface area contributed by atoms with E-state index in [-0.39, 0.29) is 12.5 Å². The first-order valence-electron chi connectivity index (χ1n) is 8.63. The van der Waals surface area contributed by atoms with Gasteiger partial charge in [-0.1, -0.05) is 0 Å². The van der Waals surface area contributed by atoms with Crippen LogP contribution in [0.1, 0.15) is 28.9 Å². The number of nitrogens with zero attached hydrogens (tertiary/aromatic N) is 4. The van der Waals surface area contributed by atoms with E-state index < -0.39 is 11.4 Å². The van der Waals surface area contributed by atoms with Crippen molar-refractivity contribution in [3.8, 4) is 0 Å². The number of hydrogen-bond donors (Lipinski definition) is 1. The van der Waals surface area contributed by atoms with Crippen LogP contribution in [0.15, 0.2) is 36.7 Å². The number of rotatable bonds is 4. The topological polar surface area (TPSA) is 69.6 Å². The zero-order chi connectivity index (χ0) is 18.7. The van der Waals surface area contributed by atoms with Crippen molar-refractivity contribution in [2.24, 2.45) is 0 Å². The molecule has 26 heavy (non-hydrogen) atoms. The smallest absolute Gasteiger partial charge is 0.255 e. The summed E-state index contributed by atoms with van der Waals surface area (Å²) in [4.78, 5) is 24.3. The van der Waals surface area contributed by atoms with Gasteiger partial charge in [0.25, 0.3) is 5.91 Å². The van der Waals surface area contributed by atoms with Gasteiger partial charge in [0.1, 0.15) is 11.6 Å². The third-order valence-electron chi connectivity index (χ3n) is 4.63. The minimum absolute atomic E-state index is 0.178. The largest absolute Gasteiger partial charge is 0.386 e. The number of pyridine rings is 2. The Hall–Kier alpha value is -2.54. The predicted molar refractivity (Wildman–Crippen MR) is 96.5 cm³/mol. The normalized spacial score (nSPS) is 20.1. The molecule has 3 rings (SSSR count). The molecule has 3 heterocycles. The van der Waals surface area contributed by atoms with Crippen molar-refractivity contribution in [1.29, 1.82) is 0 Å². The highest BCUT2D eigenvalue weighted by Gasteiger charge is 2.36. The van der Waals surface area contributed by atoms with Crippen LogP contribution in [0.3, 0.4) is 0 Å². The highest BCUT2D eigenvalue weighted by atomic mass is 19.1. The lowest BCUT2D eigenvalue weighted by molar-refractivity contribution is -0.000147. The molecule has 2 aromatic heterocycles. The van der Waals surface area contributed by atoms with E-state index in [0.717, 1.165) is 18.7 Å². The second kappa shape index (κ2) is 7.37. The Morgan fingerprint density at radius 2 is 2.12 bits per heavy atom. The molecule has 0 spiro atoms. The summed E-state index contributed by atoms with van der Waals surface area (Å²) in [7, 11) is 1.68. The molecule has 1 atom stereocenters. The van der Waals surface area contributed by atoms with E-state index in [2.05, 4.69) is 9.97 Å². The van der Waals surface area contributed by atoms with Crippen LogP contribution >= 0.6 is 0 Å². The highest BCUT2D eigenvalue weighted by molar-refractivity contribution is 5.93. The van der Waals surface area contributed by atoms with E-state index >= 15 is 0 Å². The number of halogens is 1. The molecule has 1 amide bonds. The lowest BCUT2D eigenvalue weighted by atomic mass is 9.92. The van der Waals surface area contributed by atoms with Gasteiger partial charge in [0.2, 0.25) is 0 Å². The van der Waals surface area contributed by atoms with Crippen LogP contribution in [-0.2, 0) is 0 Å². The van der Waals surface area contributed by atoms with Crippen molar-refractivity contribution >= 4 is 11.7 Å². The van der Waals surface area contributed by atoms with Crippen molar-refractivity contribution < 1.29 is 14.3 Å². The number of hydrogen-bond acceptors (Lipinski definition) is 5. The Morgan fingerprint density at radius 1 is 1.31 bits per heavy atom. The van der Waals surface area contributed by atoms with E-state index in [9.17, 15) is 14.3 Å². The summed E-state index contributed by atoms with van der Waals surface area (Å²) in [5.74, 6) is 0.0576. The number of amides is 1. The van der Waals surface area contributed by atoms with Crippen molar-refractivity contribution in [3.63, 3.8) is 0 Å². The molecular weight excluding hydrogens is 335 g/mol. The summed E-state index contributed by atoms with van der Waals surface area (Å²) >= 11 is 0. The van der Waals surface area contributed by atoms with Crippen LogP contribution in [0, 0.1) is 12.7 Å². The van der Waals surface area contributed by atoms with Gasteiger partial charge in [-0.25, -0.2) is 9.37 Å². The standard InChI is InChI=1S/C19H23FN4O2/c1-14-4-5-15(10-21-14)18(25)23(2)12-19(26)8-3-9-24(13-19)17-7-6-16(20)11-22-17/h4-7,10-11,26H,3,8-9,12-13H2,1-2H3. The third kappa shape index (κ3) is 4.16. The van der Waals surface area contributed by atoms with Gasteiger partial charge in [-0.3, -0.25) is 9.78 Å². The van der Waals surface area contributed by atoms with Crippen LogP contribution in [-0.4, -0.2) is 58.2 Å². The van der Waals surface area contributed by atoms with Crippen LogP contribution in [0.2, 0.25) is 0 Å². The van der Waals surface area contributed by atoms with Gasteiger partial charge in [-0.15, -0.1) is 0 Å². The average molecular weight is 358 g/mol. The molecule has 1 N–H and O–H groups in total. The summed E-state index contributed by atoms with van der Waals surface area (Å²) < 4.78 is 13.1. The van der Waals surface area contributed by atoms with Crippen LogP contribution < -0.4 is 4.90 Å². The molecule has 1 aliphatic rings. The quantitative estimate of drug-likeness (QED) is 0.906. The predicted octanol–water partition coefficient (Wildman–Crippen LogP) is 2.03. The second-order valence-corrected chi connectivity index (χ2v) is 6.93. The molecular formula is C19H23FN4O2. The van der Waals surface area contributed by atoms with Gasteiger partial charge in [0.15, 0.2) is 0 Å². The number of likely N-dealkylation sites (N-methyl/N-ethyl adjacent to an activating group) is 1. The Balaban J connectivity index is 1.68. The minimum atomic E-state index is -1.04. The molecule has 0 saturated carbocycles. The molecule has 6 nitrogen and oxygen atoms in total. The van der Waals surface area contributed by atoms with Gasteiger partial charge in [0, 0.05) is 32.0 Å². The van der Waals surface area contributed by atoms with Crippen molar-refractivity contribution in [2.75, 3.05) is 31.6 Å². The maximum atomic E-state index is 13.1. The van der Waals surface area contributed by atoms with E-state index in [1.807, 2.05) is 11.8 Å². The molecule has 1 aliphatic heterocycles. The first kappa shape index (κ1) is 18.3. The molecule has 0 aliphatic carbocycles. The maximum absolute atomic E-state index is 13.1. The molecule has 138 valence electrons. The van der Waals surface area contributed by atoms with E-state index in [1.165, 1.54) is 17.2 Å². The lowest BCUT2D eigenvalue weighted by Gasteiger charge is -2.41. The maximum Gasteiger partial charge on any atom is 0.255 e. The molecule has 2 aromatic rings. The van der Waals surface area contributed by atoms with Gasteiger partial charge in [-0.05, 0) is 44.0 Å². The van der Waals surface area contributed by atoms with Crippen LogP contribution in [0.4, 0.5) is 10.2 Å². The Bertz CT molecular complexity index is 766. The molecule has 1 saturated heterocycles. The van der Waals surface area contributed by atoms with E-state index in [1.54, 1.807) is 31.4 Å². The fraction of sp³-hybridized carbons (Fsp3) is 0.421. The summed E-state index contributed by atoms with van der Waals surface area (Å²) in [6, 6.07) is 6.49. The number of carbonyl (C=O) groups is 1. The van der Waals surface area contributed by atoms with Gasteiger partial charge in [-0.2, -0.15) is 0 Å². The van der Waals surface area contributed by atoms with Crippen LogP contribution in [0.5, 0.6) is 0 Å². The summed E-state index contributed by atoms with van der Waals surface area (Å²) in [6.07, 6.45) is 4.08. The average Bonchev–Trinajstić information content (AvgIpc) is 2.62. The van der Waals surface area contributed by atoms with E-state index in [0.29, 0.717) is 24.3 Å². The molecule has 0 bridgehead atoms. The minimum Gasteiger partial charge on any atom is -0.386 e. The first-order chi connectivity index (χ1) is 12.4. The van der Waals surface area contributed by atoms with Gasteiger partial charge in [0.05, 0.1) is 23.9 Å².